The highest BCUT2D eigenvalue weighted by atomic mass is 32.2. The minimum Gasteiger partial charge on any atom is -0.493 e. The second-order valence-corrected chi connectivity index (χ2v) is 9.93. The van der Waals surface area contributed by atoms with Gasteiger partial charge in [0.2, 0.25) is 20.7 Å². The lowest BCUT2D eigenvalue weighted by molar-refractivity contribution is 0.0952. The third-order valence-electron chi connectivity index (χ3n) is 5.62. The number of hydrogen-bond donors (Lipinski definition) is 0. The van der Waals surface area contributed by atoms with E-state index in [1.54, 1.807) is 48.7 Å². The second-order valence-electron chi connectivity index (χ2n) is 8.05. The van der Waals surface area contributed by atoms with E-state index in [4.69, 9.17) is 18.6 Å². The van der Waals surface area contributed by atoms with Gasteiger partial charge in [0, 0.05) is 6.20 Å². The first-order valence-electron chi connectivity index (χ1n) is 11.2. The molecule has 37 heavy (non-hydrogen) atoms. The van der Waals surface area contributed by atoms with Crippen LogP contribution in [0.2, 0.25) is 0 Å². The molecule has 1 amide bonds. The standard InChI is InChI=1S/C27H26N2O7S/c1-18-8-10-20(11-9-18)37(31,32)25-13-12-21(36-25)27(30)29(24-7-5-6-14-28-24)17-19-15-22(33-2)26(35-4)23(16-19)34-3/h5-16H,17H2,1-4H3. The summed E-state index contributed by atoms with van der Waals surface area (Å²) in [5.41, 5.74) is 1.58. The van der Waals surface area contributed by atoms with Crippen LogP contribution in [0.1, 0.15) is 21.7 Å². The van der Waals surface area contributed by atoms with Gasteiger partial charge in [-0.05, 0) is 61.0 Å². The molecule has 2 aromatic heterocycles. The molecule has 2 heterocycles. The predicted octanol–water partition coefficient (Wildman–Crippen LogP) is 4.69. The maximum Gasteiger partial charge on any atom is 0.295 e. The third kappa shape index (κ3) is 5.29. The summed E-state index contributed by atoms with van der Waals surface area (Å²) in [7, 11) is 0.563. The summed E-state index contributed by atoms with van der Waals surface area (Å²) in [5, 5.41) is -0.326. The van der Waals surface area contributed by atoms with E-state index in [1.807, 2.05) is 6.92 Å². The topological polar surface area (TPSA) is 108 Å². The molecule has 0 atom stereocenters. The number of aromatic nitrogens is 1. The summed E-state index contributed by atoms with van der Waals surface area (Å²) in [6.07, 6.45) is 1.56. The zero-order chi connectivity index (χ0) is 26.6. The lowest BCUT2D eigenvalue weighted by Gasteiger charge is -2.22. The number of pyridine rings is 1. The Kier molecular flexibility index (Phi) is 7.49. The molecular formula is C27H26N2O7S. The molecule has 0 saturated carbocycles. The van der Waals surface area contributed by atoms with Crippen LogP contribution in [0.5, 0.6) is 17.2 Å². The van der Waals surface area contributed by atoms with Crippen LogP contribution < -0.4 is 19.1 Å². The van der Waals surface area contributed by atoms with E-state index < -0.39 is 15.7 Å². The Bertz CT molecular complexity index is 1470. The number of carbonyl (C=O) groups excluding carboxylic acids is 1. The maximum absolute atomic E-state index is 13.6. The number of aryl methyl sites for hydroxylation is 1. The number of furan rings is 1. The zero-order valence-electron chi connectivity index (χ0n) is 20.8. The van der Waals surface area contributed by atoms with Crippen molar-refractivity contribution in [1.29, 1.82) is 0 Å². The molecular weight excluding hydrogens is 496 g/mol. The normalized spacial score (nSPS) is 11.1. The van der Waals surface area contributed by atoms with Crippen LogP contribution in [0, 0.1) is 6.92 Å². The Morgan fingerprint density at radius 1 is 0.919 bits per heavy atom. The Labute approximate surface area is 215 Å². The van der Waals surface area contributed by atoms with Crippen molar-refractivity contribution < 1.29 is 31.8 Å². The first kappa shape index (κ1) is 25.8. The molecule has 0 fully saturated rings. The fourth-order valence-corrected chi connectivity index (χ4v) is 4.90. The molecule has 0 unspecified atom stereocenters. The highest BCUT2D eigenvalue weighted by Gasteiger charge is 2.27. The van der Waals surface area contributed by atoms with Crippen LogP contribution >= 0.6 is 0 Å². The lowest BCUT2D eigenvalue weighted by Crippen LogP contribution is -2.31. The average Bonchev–Trinajstić information content (AvgIpc) is 3.43. The molecule has 192 valence electrons. The number of methoxy groups -OCH3 is 3. The average molecular weight is 523 g/mol. The first-order chi connectivity index (χ1) is 17.8. The van der Waals surface area contributed by atoms with Crippen molar-refractivity contribution in [2.24, 2.45) is 0 Å². The second kappa shape index (κ2) is 10.8. The van der Waals surface area contributed by atoms with E-state index in [0.717, 1.165) is 5.56 Å². The number of rotatable bonds is 9. The Hall–Kier alpha value is -4.31. The van der Waals surface area contributed by atoms with E-state index in [-0.39, 0.29) is 22.3 Å². The fraction of sp³-hybridized carbons (Fsp3) is 0.185. The van der Waals surface area contributed by atoms with Crippen LogP contribution in [0.15, 0.2) is 87.3 Å². The van der Waals surface area contributed by atoms with Gasteiger partial charge in [-0.15, -0.1) is 0 Å². The summed E-state index contributed by atoms with van der Waals surface area (Å²) in [5.74, 6) is 0.896. The molecule has 0 spiro atoms. The maximum atomic E-state index is 13.6. The van der Waals surface area contributed by atoms with Gasteiger partial charge in [0.05, 0.1) is 32.8 Å². The van der Waals surface area contributed by atoms with Gasteiger partial charge in [-0.3, -0.25) is 9.69 Å². The van der Waals surface area contributed by atoms with E-state index >= 15 is 0 Å². The monoisotopic (exact) mass is 522 g/mol. The highest BCUT2D eigenvalue weighted by Crippen LogP contribution is 2.39. The molecule has 4 aromatic rings. The van der Waals surface area contributed by atoms with Crippen molar-refractivity contribution in [2.45, 2.75) is 23.5 Å². The molecule has 0 aliphatic carbocycles. The van der Waals surface area contributed by atoms with Gasteiger partial charge in [-0.1, -0.05) is 23.8 Å². The molecule has 10 heteroatoms. The van der Waals surface area contributed by atoms with Gasteiger partial charge in [0.1, 0.15) is 5.82 Å². The number of carbonyl (C=O) groups is 1. The molecule has 0 saturated heterocycles. The molecule has 0 bridgehead atoms. The van der Waals surface area contributed by atoms with Crippen LogP contribution in [-0.2, 0) is 16.4 Å². The zero-order valence-corrected chi connectivity index (χ0v) is 21.6. The minimum absolute atomic E-state index is 0.0628. The Morgan fingerprint density at radius 2 is 1.59 bits per heavy atom. The number of benzene rings is 2. The van der Waals surface area contributed by atoms with Crippen molar-refractivity contribution in [2.75, 3.05) is 26.2 Å². The first-order valence-corrected chi connectivity index (χ1v) is 12.7. The predicted molar refractivity (Wildman–Crippen MR) is 136 cm³/mol. The van der Waals surface area contributed by atoms with Gasteiger partial charge in [-0.25, -0.2) is 13.4 Å². The number of amides is 1. The van der Waals surface area contributed by atoms with Gasteiger partial charge in [0.15, 0.2) is 17.3 Å². The quantitative estimate of drug-likeness (QED) is 0.312. The van der Waals surface area contributed by atoms with Crippen molar-refractivity contribution in [1.82, 2.24) is 4.98 Å². The van der Waals surface area contributed by atoms with Crippen LogP contribution in [-0.4, -0.2) is 40.6 Å². The van der Waals surface area contributed by atoms with E-state index in [2.05, 4.69) is 4.98 Å². The molecule has 0 aliphatic heterocycles. The minimum atomic E-state index is -3.94. The van der Waals surface area contributed by atoms with Gasteiger partial charge in [0.25, 0.3) is 5.91 Å². The summed E-state index contributed by atoms with van der Waals surface area (Å²) in [6, 6.07) is 17.6. The molecule has 0 N–H and O–H groups in total. The summed E-state index contributed by atoms with van der Waals surface area (Å²) in [6.45, 7) is 1.92. The van der Waals surface area contributed by atoms with Crippen LogP contribution in [0.3, 0.4) is 0 Å². The van der Waals surface area contributed by atoms with Crippen molar-refractivity contribution in [3.05, 3.63) is 89.8 Å². The van der Waals surface area contributed by atoms with Gasteiger partial charge in [-0.2, -0.15) is 0 Å². The molecule has 2 aromatic carbocycles. The highest BCUT2D eigenvalue weighted by molar-refractivity contribution is 7.91. The van der Waals surface area contributed by atoms with E-state index in [0.29, 0.717) is 28.6 Å². The molecule has 4 rings (SSSR count). The number of anilines is 1. The molecule has 9 nitrogen and oxygen atoms in total. The SMILES string of the molecule is COc1cc(CN(C(=O)c2ccc(S(=O)(=O)c3ccc(C)cc3)o2)c2ccccn2)cc(OC)c1OC. The smallest absolute Gasteiger partial charge is 0.295 e. The Morgan fingerprint density at radius 3 is 2.16 bits per heavy atom. The van der Waals surface area contributed by atoms with Crippen LogP contribution in [0.25, 0.3) is 0 Å². The molecule has 0 aliphatic rings. The summed E-state index contributed by atoms with van der Waals surface area (Å²) >= 11 is 0. The van der Waals surface area contributed by atoms with Crippen molar-refractivity contribution in [3.8, 4) is 17.2 Å². The third-order valence-corrected chi connectivity index (χ3v) is 7.27. The molecule has 0 radical (unpaired) electrons. The van der Waals surface area contributed by atoms with Gasteiger partial charge >= 0.3 is 0 Å². The fourth-order valence-electron chi connectivity index (χ4n) is 3.73. The van der Waals surface area contributed by atoms with Crippen LogP contribution in [0.4, 0.5) is 5.82 Å². The summed E-state index contributed by atoms with van der Waals surface area (Å²) in [4.78, 5) is 19.4. The number of sulfone groups is 1. The summed E-state index contributed by atoms with van der Waals surface area (Å²) < 4.78 is 47.9. The van der Waals surface area contributed by atoms with E-state index in [9.17, 15) is 13.2 Å². The largest absolute Gasteiger partial charge is 0.493 e. The van der Waals surface area contributed by atoms with Crippen molar-refractivity contribution >= 4 is 21.6 Å². The van der Waals surface area contributed by atoms with Crippen molar-refractivity contribution in [3.63, 3.8) is 0 Å². The number of nitrogens with zero attached hydrogens (tertiary/aromatic N) is 2. The van der Waals surface area contributed by atoms with Gasteiger partial charge < -0.3 is 18.6 Å². The van der Waals surface area contributed by atoms with E-state index in [1.165, 1.54) is 50.5 Å². The Balaban J connectivity index is 1.71. The number of hydrogen-bond acceptors (Lipinski definition) is 8. The lowest BCUT2D eigenvalue weighted by atomic mass is 10.1. The number of ether oxygens (including phenoxy) is 3.